The normalized spacial score (nSPS) is 19.5. The summed E-state index contributed by atoms with van der Waals surface area (Å²) in [5, 5.41) is 20.5. The molecule has 0 unspecified atom stereocenters. The van der Waals surface area contributed by atoms with E-state index in [1.54, 1.807) is 14.2 Å². The van der Waals surface area contributed by atoms with E-state index in [0.717, 1.165) is 74.7 Å². The summed E-state index contributed by atoms with van der Waals surface area (Å²) in [6.07, 6.45) is 8.99. The molecular weight excluding hydrogens is 480 g/mol. The van der Waals surface area contributed by atoms with E-state index >= 15 is 0 Å². The molecule has 0 radical (unpaired) electrons. The first-order valence-corrected chi connectivity index (χ1v) is 12.7. The molecule has 2 saturated heterocycles. The molecule has 0 amide bonds. The van der Waals surface area contributed by atoms with Gasteiger partial charge in [0.15, 0.2) is 0 Å². The summed E-state index contributed by atoms with van der Waals surface area (Å²) in [4.78, 5) is 16.0. The predicted octanol–water partition coefficient (Wildman–Crippen LogP) is 2.39. The van der Waals surface area contributed by atoms with Gasteiger partial charge in [0.2, 0.25) is 5.88 Å². The molecule has 2 N–H and O–H groups in total. The van der Waals surface area contributed by atoms with Crippen LogP contribution in [0.3, 0.4) is 0 Å². The molecule has 0 spiro atoms. The molecule has 0 saturated carbocycles. The maximum atomic E-state index is 9.59. The Morgan fingerprint density at radius 2 is 1.92 bits per heavy atom. The fourth-order valence-electron chi connectivity index (χ4n) is 4.83. The van der Waals surface area contributed by atoms with Crippen LogP contribution in [0.15, 0.2) is 65.9 Å². The molecule has 196 valence electrons. The molecule has 2 aromatic heterocycles. The number of hydrogen-bond acceptors (Lipinski definition) is 10. The van der Waals surface area contributed by atoms with Gasteiger partial charge in [-0.05, 0) is 23.8 Å². The molecule has 2 fully saturated rings. The first kappa shape index (κ1) is 25.4. The molecule has 10 nitrogen and oxygen atoms in total. The Morgan fingerprint density at radius 3 is 2.53 bits per heavy atom. The van der Waals surface area contributed by atoms with Crippen LogP contribution in [0, 0.1) is 16.7 Å². The first-order chi connectivity index (χ1) is 18.6. The zero-order chi connectivity index (χ0) is 26.5. The van der Waals surface area contributed by atoms with Crippen LogP contribution in [0.1, 0.15) is 11.1 Å². The van der Waals surface area contributed by atoms with Gasteiger partial charge in [0.25, 0.3) is 0 Å². The van der Waals surface area contributed by atoms with Crippen LogP contribution in [0.4, 0.5) is 5.82 Å². The fourth-order valence-corrected chi connectivity index (χ4v) is 4.83. The molecule has 5 rings (SSSR count). The van der Waals surface area contributed by atoms with Crippen molar-refractivity contribution >= 4 is 17.6 Å². The highest BCUT2D eigenvalue weighted by Gasteiger charge is 2.29. The van der Waals surface area contributed by atoms with Gasteiger partial charge >= 0.3 is 0 Å². The van der Waals surface area contributed by atoms with Crippen LogP contribution in [0.25, 0.3) is 5.57 Å². The van der Waals surface area contributed by atoms with Crippen LogP contribution in [0.5, 0.6) is 5.88 Å². The summed E-state index contributed by atoms with van der Waals surface area (Å²) in [5.74, 6) is 1.56. The summed E-state index contributed by atoms with van der Waals surface area (Å²) >= 11 is 0. The zero-order valence-corrected chi connectivity index (χ0v) is 21.7. The Morgan fingerprint density at radius 1 is 1.11 bits per heavy atom. The molecule has 3 aliphatic heterocycles. The van der Waals surface area contributed by atoms with Gasteiger partial charge in [0.1, 0.15) is 11.9 Å². The maximum absolute atomic E-state index is 9.59. The van der Waals surface area contributed by atoms with E-state index in [2.05, 4.69) is 43.2 Å². The molecule has 5 heterocycles. The number of dihydropyridines is 1. The third-order valence-electron chi connectivity index (χ3n) is 7.17. The number of allylic oxidation sites excluding steroid dienone is 3. The van der Waals surface area contributed by atoms with E-state index in [-0.39, 0.29) is 11.7 Å². The largest absolute Gasteiger partial charge is 0.481 e. The van der Waals surface area contributed by atoms with E-state index in [9.17, 15) is 5.26 Å². The first-order valence-electron chi connectivity index (χ1n) is 12.7. The number of ether oxygens (including phenoxy) is 2. The van der Waals surface area contributed by atoms with Crippen LogP contribution >= 0.6 is 0 Å². The van der Waals surface area contributed by atoms with Gasteiger partial charge in [-0.1, -0.05) is 6.07 Å². The number of pyridine rings is 2. The Kier molecular flexibility index (Phi) is 7.67. The highest BCUT2D eigenvalue weighted by atomic mass is 16.5. The topological polar surface area (TPSA) is 114 Å². The second-order valence-electron chi connectivity index (χ2n) is 9.46. The number of nitrogens with one attached hydrogen (secondary N) is 2. The van der Waals surface area contributed by atoms with E-state index in [4.69, 9.17) is 19.9 Å². The minimum atomic E-state index is 0.232. The lowest BCUT2D eigenvalue weighted by atomic mass is 9.96. The Hall–Kier alpha value is -4.20. The third-order valence-corrected chi connectivity index (χ3v) is 7.17. The number of nitrogens with zero attached hydrogens (tertiary/aromatic N) is 6. The summed E-state index contributed by atoms with van der Waals surface area (Å²) in [7, 11) is 3.35. The van der Waals surface area contributed by atoms with Crippen molar-refractivity contribution in [1.29, 1.82) is 10.7 Å². The molecule has 3 aliphatic rings. The van der Waals surface area contributed by atoms with Gasteiger partial charge in [0.05, 0.1) is 30.2 Å². The number of likely N-dealkylation sites (tertiary alicyclic amines) is 1. The number of aromatic nitrogens is 2. The minimum absolute atomic E-state index is 0.232. The molecule has 2 aromatic rings. The number of hydrogen-bond donors (Lipinski definition) is 2. The lowest BCUT2D eigenvalue weighted by molar-refractivity contribution is -0.00967. The average Bonchev–Trinajstić information content (AvgIpc) is 2.95. The van der Waals surface area contributed by atoms with Gasteiger partial charge in [-0.15, -0.1) is 0 Å². The molecule has 10 heteroatoms. The Bertz CT molecular complexity index is 1280. The lowest BCUT2D eigenvalue weighted by Gasteiger charge is -2.41. The quantitative estimate of drug-likeness (QED) is 0.407. The number of nitriles is 1. The van der Waals surface area contributed by atoms with E-state index in [1.807, 2.05) is 36.8 Å². The summed E-state index contributed by atoms with van der Waals surface area (Å²) in [6, 6.07) is 10.2. The number of piperazine rings is 1. The Labute approximate surface area is 223 Å². The standard InChI is InChI=1S/C28H32N8O2/c1-37-24-18-36(19-24)23-11-25(28(33-16-23)22(12-29)13-30)21-4-5-26(31-15-21)35-9-7-34(8-10-35)17-20-3-6-27(38-2)32-14-20/h3-6,11-12,14-16,24,29,33H,7-10,17-19H2,1-2H3/b28-22+,29-12?. The molecule has 0 aromatic carbocycles. The summed E-state index contributed by atoms with van der Waals surface area (Å²) < 4.78 is 10.6. The Balaban J connectivity index is 1.26. The average molecular weight is 513 g/mol. The SMILES string of the molecule is COc1ccc(CN2CCN(c3ccc(C4=CC(N5CC(OC)C5)=CN/C4=C(/C#N)C=N)cn3)CC2)cn1. The monoisotopic (exact) mass is 512 g/mol. The van der Waals surface area contributed by atoms with Crippen molar-refractivity contribution in [3.05, 3.63) is 77.0 Å². The predicted molar refractivity (Wildman–Crippen MR) is 146 cm³/mol. The zero-order valence-electron chi connectivity index (χ0n) is 21.7. The lowest BCUT2D eigenvalue weighted by Crippen LogP contribution is -2.51. The molecule has 0 bridgehead atoms. The van der Waals surface area contributed by atoms with Crippen LogP contribution in [-0.4, -0.2) is 85.6 Å². The van der Waals surface area contributed by atoms with Crippen molar-refractivity contribution in [3.8, 4) is 11.9 Å². The second kappa shape index (κ2) is 11.5. The highest BCUT2D eigenvalue weighted by molar-refractivity contribution is 5.93. The molecule has 0 atom stereocenters. The molecule has 0 aliphatic carbocycles. The van der Waals surface area contributed by atoms with Crippen molar-refractivity contribution < 1.29 is 9.47 Å². The highest BCUT2D eigenvalue weighted by Crippen LogP contribution is 2.31. The van der Waals surface area contributed by atoms with Gasteiger partial charge < -0.3 is 30.0 Å². The summed E-state index contributed by atoms with van der Waals surface area (Å²) in [6.45, 7) is 6.16. The van der Waals surface area contributed by atoms with Crippen molar-refractivity contribution in [2.24, 2.45) is 0 Å². The van der Waals surface area contributed by atoms with Gasteiger partial charge in [0, 0.05) is 94.9 Å². The molecule has 38 heavy (non-hydrogen) atoms. The number of rotatable bonds is 8. The van der Waals surface area contributed by atoms with E-state index in [1.165, 1.54) is 5.56 Å². The number of methoxy groups -OCH3 is 2. The van der Waals surface area contributed by atoms with Crippen LogP contribution in [-0.2, 0) is 11.3 Å². The third kappa shape index (κ3) is 5.39. The maximum Gasteiger partial charge on any atom is 0.212 e. The van der Waals surface area contributed by atoms with Crippen molar-refractivity contribution in [1.82, 2.24) is 25.1 Å². The van der Waals surface area contributed by atoms with Crippen LogP contribution < -0.4 is 15.0 Å². The molecular formula is C28H32N8O2. The minimum Gasteiger partial charge on any atom is -0.481 e. The van der Waals surface area contributed by atoms with E-state index in [0.29, 0.717) is 11.6 Å². The smallest absolute Gasteiger partial charge is 0.212 e. The van der Waals surface area contributed by atoms with Crippen molar-refractivity contribution in [3.63, 3.8) is 0 Å². The van der Waals surface area contributed by atoms with Gasteiger partial charge in [-0.2, -0.15) is 5.26 Å². The fraction of sp³-hybridized carbons (Fsp3) is 0.357. The van der Waals surface area contributed by atoms with Crippen molar-refractivity contribution in [2.45, 2.75) is 12.6 Å². The van der Waals surface area contributed by atoms with Crippen molar-refractivity contribution in [2.75, 3.05) is 58.4 Å². The second-order valence-corrected chi connectivity index (χ2v) is 9.46. The summed E-state index contributed by atoms with van der Waals surface area (Å²) in [5.41, 5.74) is 4.83. The van der Waals surface area contributed by atoms with Gasteiger partial charge in [-0.25, -0.2) is 9.97 Å². The van der Waals surface area contributed by atoms with E-state index < -0.39 is 0 Å². The van der Waals surface area contributed by atoms with Crippen LogP contribution in [0.2, 0.25) is 0 Å². The number of anilines is 1. The van der Waals surface area contributed by atoms with Gasteiger partial charge in [-0.3, -0.25) is 4.90 Å².